The Morgan fingerprint density at radius 2 is 2.20 bits per heavy atom. The quantitative estimate of drug-likeness (QED) is 0.712. The fourth-order valence-electron chi connectivity index (χ4n) is 2.84. The van der Waals surface area contributed by atoms with Crippen LogP contribution in [0.5, 0.6) is 0 Å². The number of rotatable bonds is 7. The van der Waals surface area contributed by atoms with E-state index in [1.807, 2.05) is 6.92 Å². The first-order valence-corrected chi connectivity index (χ1v) is 7.66. The summed E-state index contributed by atoms with van der Waals surface area (Å²) in [6, 6.07) is 2.12. The van der Waals surface area contributed by atoms with E-state index in [1.165, 1.54) is 32.1 Å². The molecule has 5 nitrogen and oxygen atoms in total. The maximum Gasteiger partial charge on any atom is 0.226 e. The van der Waals surface area contributed by atoms with E-state index < -0.39 is 0 Å². The molecule has 1 heterocycles. The molecule has 0 N–H and O–H groups in total. The average molecular weight is 277 g/mol. The fraction of sp³-hybridized carbons (Fsp3) is 0.800. The van der Waals surface area contributed by atoms with Gasteiger partial charge in [0.05, 0.1) is 6.07 Å². The second kappa shape index (κ2) is 8.01. The third-order valence-electron chi connectivity index (χ3n) is 3.84. The molecular formula is C15H23N3O2. The van der Waals surface area contributed by atoms with Crippen molar-refractivity contribution in [1.82, 2.24) is 10.1 Å². The highest BCUT2D eigenvalue weighted by Gasteiger charge is 2.29. The molecule has 1 atom stereocenters. The Balaban J connectivity index is 1.99. The minimum Gasteiger partial charge on any atom is -0.370 e. The summed E-state index contributed by atoms with van der Waals surface area (Å²) in [5.41, 5.74) is 0. The van der Waals surface area contributed by atoms with Gasteiger partial charge in [0.2, 0.25) is 11.7 Å². The van der Waals surface area contributed by atoms with Crippen molar-refractivity contribution in [1.29, 1.82) is 5.26 Å². The van der Waals surface area contributed by atoms with Gasteiger partial charge in [0.1, 0.15) is 6.10 Å². The van der Waals surface area contributed by atoms with Gasteiger partial charge in [-0.3, -0.25) is 0 Å². The number of aryl methyl sites for hydroxylation is 1. The van der Waals surface area contributed by atoms with Crippen molar-refractivity contribution < 1.29 is 9.26 Å². The Kier molecular flexibility index (Phi) is 6.00. The van der Waals surface area contributed by atoms with Crippen molar-refractivity contribution in [3.8, 4) is 6.07 Å². The van der Waals surface area contributed by atoms with Crippen LogP contribution in [0.25, 0.3) is 0 Å². The molecule has 0 bridgehead atoms. The lowest BCUT2D eigenvalue weighted by molar-refractivity contribution is -0.00145. The van der Waals surface area contributed by atoms with Gasteiger partial charge in [-0.1, -0.05) is 24.4 Å². The molecular weight excluding hydrogens is 254 g/mol. The summed E-state index contributed by atoms with van der Waals surface area (Å²) in [6.45, 7) is 2.67. The first kappa shape index (κ1) is 15.0. The Bertz CT molecular complexity index is 433. The molecule has 1 saturated carbocycles. The van der Waals surface area contributed by atoms with E-state index in [2.05, 4.69) is 16.2 Å². The van der Waals surface area contributed by atoms with Crippen LogP contribution in [0.15, 0.2) is 4.52 Å². The number of hydrogen-bond acceptors (Lipinski definition) is 5. The van der Waals surface area contributed by atoms with Gasteiger partial charge in [0.25, 0.3) is 0 Å². The average Bonchev–Trinajstić information content (AvgIpc) is 2.94. The molecule has 1 aliphatic rings. The molecule has 110 valence electrons. The van der Waals surface area contributed by atoms with E-state index >= 15 is 0 Å². The van der Waals surface area contributed by atoms with Crippen LogP contribution in [0, 0.1) is 17.2 Å². The number of nitriles is 1. The van der Waals surface area contributed by atoms with Crippen molar-refractivity contribution >= 4 is 0 Å². The summed E-state index contributed by atoms with van der Waals surface area (Å²) in [6.07, 6.45) is 8.14. The number of unbranched alkanes of at least 4 members (excludes halogenated alkanes) is 1. The molecule has 0 aliphatic heterocycles. The molecule has 20 heavy (non-hydrogen) atoms. The van der Waals surface area contributed by atoms with Crippen LogP contribution in [0.2, 0.25) is 0 Å². The molecule has 0 amide bonds. The highest BCUT2D eigenvalue weighted by atomic mass is 16.5. The molecule has 1 aliphatic carbocycles. The first-order chi connectivity index (χ1) is 9.85. The van der Waals surface area contributed by atoms with Crippen LogP contribution < -0.4 is 0 Å². The van der Waals surface area contributed by atoms with E-state index in [-0.39, 0.29) is 6.10 Å². The van der Waals surface area contributed by atoms with Crippen molar-refractivity contribution in [3.63, 3.8) is 0 Å². The number of ether oxygens (including phenoxy) is 1. The zero-order chi connectivity index (χ0) is 14.2. The molecule has 1 unspecified atom stereocenters. The Morgan fingerprint density at radius 3 is 2.90 bits per heavy atom. The van der Waals surface area contributed by atoms with Gasteiger partial charge < -0.3 is 9.26 Å². The molecule has 0 aromatic carbocycles. The molecule has 2 rings (SSSR count). The maximum absolute atomic E-state index is 8.54. The van der Waals surface area contributed by atoms with Crippen molar-refractivity contribution in [2.75, 3.05) is 6.61 Å². The van der Waals surface area contributed by atoms with Gasteiger partial charge in [-0.05, 0) is 32.1 Å². The zero-order valence-corrected chi connectivity index (χ0v) is 12.2. The van der Waals surface area contributed by atoms with Crippen LogP contribution in [-0.2, 0) is 11.2 Å². The van der Waals surface area contributed by atoms with E-state index in [0.717, 1.165) is 6.42 Å². The Labute approximate surface area is 120 Å². The first-order valence-electron chi connectivity index (χ1n) is 7.66. The van der Waals surface area contributed by atoms with Crippen LogP contribution >= 0.6 is 0 Å². The van der Waals surface area contributed by atoms with E-state index in [1.54, 1.807) is 0 Å². The smallest absolute Gasteiger partial charge is 0.226 e. The molecule has 0 spiro atoms. The Hall–Kier alpha value is -1.41. The topological polar surface area (TPSA) is 71.9 Å². The monoisotopic (exact) mass is 277 g/mol. The Morgan fingerprint density at radius 1 is 1.40 bits per heavy atom. The van der Waals surface area contributed by atoms with Crippen molar-refractivity contribution in [2.45, 2.75) is 64.4 Å². The number of hydrogen-bond donors (Lipinski definition) is 0. The molecule has 5 heteroatoms. The van der Waals surface area contributed by atoms with Gasteiger partial charge in [-0.25, -0.2) is 0 Å². The van der Waals surface area contributed by atoms with Crippen LogP contribution in [-0.4, -0.2) is 16.7 Å². The summed E-state index contributed by atoms with van der Waals surface area (Å²) < 4.78 is 11.1. The largest absolute Gasteiger partial charge is 0.370 e. The van der Waals surface area contributed by atoms with Crippen molar-refractivity contribution in [3.05, 3.63) is 11.7 Å². The van der Waals surface area contributed by atoms with Crippen molar-refractivity contribution in [2.24, 2.45) is 5.92 Å². The molecule has 0 radical (unpaired) electrons. The molecule has 1 fully saturated rings. The summed E-state index contributed by atoms with van der Waals surface area (Å²) in [7, 11) is 0. The SMILES string of the molecule is CCOC(c1noc(CCCC#N)n1)C1CCCCC1. The lowest BCUT2D eigenvalue weighted by atomic mass is 9.85. The van der Waals surface area contributed by atoms with Gasteiger partial charge in [-0.15, -0.1) is 0 Å². The summed E-state index contributed by atoms with van der Waals surface area (Å²) in [5.74, 6) is 1.81. The highest BCUT2D eigenvalue weighted by Crippen LogP contribution is 2.35. The predicted octanol–water partition coefficient (Wildman–Crippen LogP) is 3.57. The zero-order valence-electron chi connectivity index (χ0n) is 12.2. The summed E-state index contributed by atoms with van der Waals surface area (Å²) >= 11 is 0. The fourth-order valence-corrected chi connectivity index (χ4v) is 2.84. The second-order valence-electron chi connectivity index (χ2n) is 5.33. The van der Waals surface area contributed by atoms with Gasteiger partial charge in [0, 0.05) is 19.4 Å². The predicted molar refractivity (Wildman–Crippen MR) is 73.8 cm³/mol. The minimum absolute atomic E-state index is 0.0335. The maximum atomic E-state index is 8.54. The highest BCUT2D eigenvalue weighted by molar-refractivity contribution is 4.95. The summed E-state index contributed by atoms with van der Waals surface area (Å²) in [4.78, 5) is 4.46. The number of aromatic nitrogens is 2. The lowest BCUT2D eigenvalue weighted by Crippen LogP contribution is -2.20. The van der Waals surface area contributed by atoms with Crippen LogP contribution in [0.1, 0.15) is 69.7 Å². The van der Waals surface area contributed by atoms with E-state index in [4.69, 9.17) is 14.5 Å². The third-order valence-corrected chi connectivity index (χ3v) is 3.84. The van der Waals surface area contributed by atoms with Crippen LogP contribution in [0.3, 0.4) is 0 Å². The summed E-state index contributed by atoms with van der Waals surface area (Å²) in [5, 5.41) is 12.6. The lowest BCUT2D eigenvalue weighted by Gasteiger charge is -2.27. The normalized spacial score (nSPS) is 17.8. The molecule has 1 aromatic heterocycles. The minimum atomic E-state index is -0.0335. The van der Waals surface area contributed by atoms with E-state index in [0.29, 0.717) is 37.1 Å². The van der Waals surface area contributed by atoms with Crippen LogP contribution in [0.4, 0.5) is 0 Å². The van der Waals surface area contributed by atoms with Gasteiger partial charge in [0.15, 0.2) is 0 Å². The number of nitrogens with zero attached hydrogens (tertiary/aromatic N) is 3. The van der Waals surface area contributed by atoms with Gasteiger partial charge in [-0.2, -0.15) is 10.2 Å². The van der Waals surface area contributed by atoms with E-state index in [9.17, 15) is 0 Å². The van der Waals surface area contributed by atoms with Gasteiger partial charge >= 0.3 is 0 Å². The standard InChI is InChI=1S/C15H23N3O2/c1-2-19-14(12-8-4-3-5-9-12)15-17-13(20-18-15)10-6-7-11-16/h12,14H,2-10H2,1H3. The third kappa shape index (κ3) is 4.04. The molecule has 0 saturated heterocycles. The second-order valence-corrected chi connectivity index (χ2v) is 5.33. The molecule has 1 aromatic rings.